The predicted molar refractivity (Wildman–Crippen MR) is 595 cm³/mol. The largest absolute Gasteiger partial charge is 0.416 e. The van der Waals surface area contributed by atoms with Crippen LogP contribution in [0.1, 0.15) is 145 Å². The Hall–Kier alpha value is -19.3. The zero-order valence-electron chi connectivity index (χ0n) is 82.3. The number of rotatable bonds is 21. The maximum Gasteiger partial charge on any atom is 0.248 e. The van der Waals surface area contributed by atoms with Crippen LogP contribution >= 0.6 is 0 Å². The van der Waals surface area contributed by atoms with Gasteiger partial charge in [0, 0.05) is 39.3 Å². The Morgan fingerprint density at radius 1 is 0.271 bits per heavy atom. The molecule has 0 saturated heterocycles. The molecule has 2 heterocycles. The van der Waals surface area contributed by atoms with E-state index in [0.29, 0.717) is 57.4 Å². The van der Waals surface area contributed by atoms with Crippen molar-refractivity contribution < 1.29 is 8.83 Å². The smallest absolute Gasteiger partial charge is 0.248 e. The van der Waals surface area contributed by atoms with Crippen LogP contribution in [-0.4, -0.2) is 20.4 Å². The van der Waals surface area contributed by atoms with E-state index in [1.165, 1.54) is 72.3 Å². The molecule has 13 nitrogen and oxygen atoms in total. The van der Waals surface area contributed by atoms with E-state index in [-0.39, 0.29) is 0 Å². The summed E-state index contributed by atoms with van der Waals surface area (Å²) in [6, 6.07) is 132. The topological polar surface area (TPSA) is 166 Å². The fourth-order valence-corrected chi connectivity index (χ4v) is 15.0. The van der Waals surface area contributed by atoms with Crippen LogP contribution in [0.2, 0.25) is 0 Å². The van der Waals surface area contributed by atoms with E-state index in [9.17, 15) is 15.8 Å². The van der Waals surface area contributed by atoms with Crippen molar-refractivity contribution in [3.63, 3.8) is 0 Å². The van der Waals surface area contributed by atoms with Gasteiger partial charge in [0.1, 0.15) is 0 Å². The third-order valence-corrected chi connectivity index (χ3v) is 23.6. The molecule has 0 aliphatic carbocycles. The average Bonchev–Trinajstić information content (AvgIpc) is 1.37. The zero-order valence-corrected chi connectivity index (χ0v) is 82.3. The van der Waals surface area contributed by atoms with Crippen LogP contribution in [0, 0.1) is 130 Å². The van der Waals surface area contributed by atoms with Crippen molar-refractivity contribution in [1.82, 2.24) is 20.4 Å². The monoisotopic (exact) mass is 1860 g/mol. The lowest BCUT2D eigenvalue weighted by molar-refractivity contribution is 0.584. The van der Waals surface area contributed by atoms with Gasteiger partial charge in [0.25, 0.3) is 0 Å². The van der Waals surface area contributed by atoms with E-state index >= 15 is 0 Å². The van der Waals surface area contributed by atoms with E-state index in [4.69, 9.17) is 28.6 Å². The quantitative estimate of drug-likeness (QED) is 0.0384. The highest BCUT2D eigenvalue weighted by molar-refractivity contribution is 6.00. The molecule has 16 aromatic carbocycles. The molecule has 0 bridgehead atoms. The second kappa shape index (κ2) is 49.7. The lowest BCUT2D eigenvalue weighted by Gasteiger charge is -2.25. The first kappa shape index (κ1) is 101. The van der Waals surface area contributed by atoms with Gasteiger partial charge in [0.2, 0.25) is 29.3 Å². The zero-order chi connectivity index (χ0) is 101. The van der Waals surface area contributed by atoms with Crippen LogP contribution < -0.4 is 4.90 Å². The number of hydrogen-bond donors (Lipinski definition) is 0. The minimum atomic E-state index is 0.399. The SMILES string of the molecule is Cc1ccc(-c2nnc(-c3ccc(N(c4ccc(C)cc4)c4ccc(-c5nnc(-c6ccc(C)cc6)o5)cc4)cc3)o2)cc1.Cc1ccc(/C=C/c2ccc(/C=C/c3ccc(C)cc3)cc2)cc1.[C-]#[N+]/C(=C(/C#N)c1ccc(C)cc1)c1ccc(C)cc1.[C-]#[N+]/C(=C\c1ccc(C)cc1)c1ccc(/C(C#N)=C/c2ccc(C)cc2)cc1.[C-]#[N+]c1cc(/C=C/c2ccc(C)cc2)c(C#N)cc1/C=C/c1ccc(C)cc1. The van der Waals surface area contributed by atoms with E-state index in [1.807, 2.05) is 296 Å². The third kappa shape index (κ3) is 28.5. The second-order valence-corrected chi connectivity index (χ2v) is 35.1. The standard InChI is InChI=1S/C37H29N5O2.2C26H20N2.C24H22.C18H14N2/c1-24-4-10-27(11-5-24)34-38-40-36(43-34)29-14-20-32(21-15-29)42(31-18-8-26(3)9-19-31)33-22-16-30(17-23-33)37-41-39-35(44-37)28-12-6-25(2)7-13-28;1-19-4-8-21(9-5-19)16-25(18-27)23-12-14-24(15-13-23)26(28-3)17-22-10-6-20(2)7-11-22;1-19-4-8-21(9-5-19)12-14-23-17-26(28-3)24(16-25(23)18-27)15-13-22-10-6-20(2)7-11-22;1-19-3-7-21(8-4-19)11-13-23-15-17-24(18-16-23)14-12-22-9-5-20(2)6-10-22;1-13-4-8-15(9-5-13)17(12-19)18(20-3)16-10-6-14(2)7-11-16/h4-23H,1-3H3;2*4-17H,1-2H3;3-18H,1-2H3;4-11H,1-2H3/b;25-16+,26-17-;14-12+,15-13+;13-11+,14-12+;18-17-. The van der Waals surface area contributed by atoms with Crippen LogP contribution in [-0.2, 0) is 0 Å². The maximum absolute atomic E-state index is 9.57. The van der Waals surface area contributed by atoms with Crippen molar-refractivity contribution >= 4 is 106 Å². The van der Waals surface area contributed by atoms with E-state index in [0.717, 1.165) is 106 Å². The summed E-state index contributed by atoms with van der Waals surface area (Å²) in [6.45, 7) is 45.0. The van der Waals surface area contributed by atoms with Crippen molar-refractivity contribution in [3.05, 3.63) is 555 Å². The van der Waals surface area contributed by atoms with Gasteiger partial charge in [0.05, 0.1) is 54.6 Å². The van der Waals surface area contributed by atoms with Gasteiger partial charge in [-0.25, -0.2) is 14.5 Å². The maximum atomic E-state index is 9.57. The van der Waals surface area contributed by atoms with Crippen LogP contribution in [0.25, 0.3) is 144 Å². The summed E-state index contributed by atoms with van der Waals surface area (Å²) >= 11 is 0. The van der Waals surface area contributed by atoms with Gasteiger partial charge >= 0.3 is 0 Å². The number of hydrogen-bond acceptors (Lipinski definition) is 10. The molecular weight excluding hydrogens is 1760 g/mol. The Bertz CT molecular complexity index is 7490. The fraction of sp³-hybridized carbons (Fsp3) is 0.0840. The molecular formula is C131H105N11O2. The van der Waals surface area contributed by atoms with Gasteiger partial charge in [-0.05, 0) is 263 Å². The van der Waals surface area contributed by atoms with Crippen molar-refractivity contribution in [3.8, 4) is 64.0 Å². The lowest BCUT2D eigenvalue weighted by atomic mass is 9.99. The Kier molecular flexibility index (Phi) is 34.7. The Morgan fingerprint density at radius 2 is 0.535 bits per heavy atom. The fourth-order valence-electron chi connectivity index (χ4n) is 15.0. The van der Waals surface area contributed by atoms with Gasteiger partial charge in [-0.1, -0.05) is 389 Å². The molecule has 0 radical (unpaired) electrons. The summed E-state index contributed by atoms with van der Waals surface area (Å²) in [5.41, 5.74) is 36.5. The first-order valence-electron chi connectivity index (χ1n) is 47.1. The predicted octanol–water partition coefficient (Wildman–Crippen LogP) is 34.6. The normalized spacial score (nSPS) is 11.2. The van der Waals surface area contributed by atoms with Gasteiger partial charge in [0.15, 0.2) is 11.4 Å². The molecule has 0 N–H and O–H groups in total. The molecule has 0 unspecified atom stereocenters. The summed E-state index contributed by atoms with van der Waals surface area (Å²) in [6.07, 6.45) is 20.1. The van der Waals surface area contributed by atoms with E-state index in [1.54, 1.807) is 12.1 Å². The van der Waals surface area contributed by atoms with Crippen LogP contribution in [0.4, 0.5) is 22.7 Å². The minimum absolute atomic E-state index is 0.399. The van der Waals surface area contributed by atoms with E-state index < -0.39 is 0 Å². The highest BCUT2D eigenvalue weighted by Gasteiger charge is 2.20. The molecule has 0 spiro atoms. The molecule has 0 atom stereocenters. The molecule has 0 saturated carbocycles. The summed E-state index contributed by atoms with van der Waals surface area (Å²) in [7, 11) is 0. The molecule has 2 aromatic heterocycles. The average molecular weight is 1870 g/mol. The van der Waals surface area contributed by atoms with Gasteiger partial charge in [-0.15, -0.1) is 20.4 Å². The number of anilines is 3. The molecule has 0 fully saturated rings. The van der Waals surface area contributed by atoms with Gasteiger partial charge < -0.3 is 13.7 Å². The molecule has 144 heavy (non-hydrogen) atoms. The summed E-state index contributed by atoms with van der Waals surface area (Å²) < 4.78 is 12.0. The number of aromatic nitrogens is 4. The van der Waals surface area contributed by atoms with Gasteiger partial charge in [-0.2, -0.15) is 15.8 Å². The number of nitrogens with zero attached hydrogens (tertiary/aromatic N) is 11. The second-order valence-electron chi connectivity index (χ2n) is 35.1. The number of benzene rings is 16. The van der Waals surface area contributed by atoms with Gasteiger partial charge in [-0.3, -0.25) is 0 Å². The molecule has 0 amide bonds. The molecule has 0 aliphatic heterocycles. The highest BCUT2D eigenvalue weighted by Crippen LogP contribution is 2.39. The summed E-state index contributed by atoms with van der Waals surface area (Å²) in [5, 5.41) is 45.7. The number of aryl methyl sites for hydroxylation is 11. The van der Waals surface area contributed by atoms with Crippen molar-refractivity contribution in [1.29, 1.82) is 15.8 Å². The Labute approximate surface area is 845 Å². The van der Waals surface area contributed by atoms with E-state index in [2.05, 4.69) is 263 Å². The molecule has 696 valence electrons. The molecule has 18 rings (SSSR count). The van der Waals surface area contributed by atoms with Crippen LogP contribution in [0.5, 0.6) is 0 Å². The van der Waals surface area contributed by atoms with Crippen molar-refractivity contribution in [2.45, 2.75) is 76.2 Å². The molecule has 18 aromatic rings. The number of nitriles is 3. The first-order valence-corrected chi connectivity index (χ1v) is 47.1. The van der Waals surface area contributed by atoms with Crippen LogP contribution in [0.15, 0.2) is 385 Å². The summed E-state index contributed by atoms with van der Waals surface area (Å²) in [4.78, 5) is 13.1. The van der Waals surface area contributed by atoms with Crippen molar-refractivity contribution in [2.24, 2.45) is 0 Å². The third-order valence-electron chi connectivity index (χ3n) is 23.6. The van der Waals surface area contributed by atoms with Crippen molar-refractivity contribution in [2.75, 3.05) is 4.90 Å². The molecule has 13 heteroatoms. The van der Waals surface area contributed by atoms with Crippen LogP contribution in [0.3, 0.4) is 0 Å². The Balaban J connectivity index is 0.000000147. The Morgan fingerprint density at radius 3 is 0.847 bits per heavy atom. The highest BCUT2D eigenvalue weighted by atomic mass is 16.4. The molecule has 0 aliphatic rings. The lowest BCUT2D eigenvalue weighted by Crippen LogP contribution is -2.09. The first-order chi connectivity index (χ1) is 70.0. The number of allylic oxidation sites excluding steroid dienone is 2. The minimum Gasteiger partial charge on any atom is -0.416 e. The summed E-state index contributed by atoms with van der Waals surface area (Å²) in [5.74, 6) is 1.95.